The highest BCUT2D eigenvalue weighted by Gasteiger charge is 2.17. The van der Waals surface area contributed by atoms with E-state index in [2.05, 4.69) is 20.2 Å². The average molecular weight is 416 g/mol. The summed E-state index contributed by atoms with van der Waals surface area (Å²) in [6, 6.07) is 14.4. The molecule has 0 saturated carbocycles. The first-order chi connectivity index (χ1) is 15.0. The number of benzene rings is 2. The van der Waals surface area contributed by atoms with Gasteiger partial charge in [0.2, 0.25) is 5.89 Å². The SMILES string of the molecule is COc1cccc(-c2nnc(-c3nc(-c4ccc(C(=O)N(C)C)cc4)cnc3N)o2)c1. The molecule has 156 valence electrons. The Labute approximate surface area is 178 Å². The second-order valence-electron chi connectivity index (χ2n) is 6.91. The summed E-state index contributed by atoms with van der Waals surface area (Å²) in [5.74, 6) is 1.24. The Morgan fingerprint density at radius 2 is 1.77 bits per heavy atom. The number of hydrogen-bond donors (Lipinski definition) is 1. The van der Waals surface area contributed by atoms with Crippen molar-refractivity contribution >= 4 is 11.7 Å². The van der Waals surface area contributed by atoms with E-state index in [9.17, 15) is 4.79 Å². The minimum atomic E-state index is -0.0773. The van der Waals surface area contributed by atoms with Gasteiger partial charge in [0.05, 0.1) is 19.0 Å². The predicted molar refractivity (Wildman–Crippen MR) is 115 cm³/mol. The molecule has 2 aromatic carbocycles. The van der Waals surface area contributed by atoms with Gasteiger partial charge in [-0.15, -0.1) is 10.2 Å². The van der Waals surface area contributed by atoms with Crippen LogP contribution >= 0.6 is 0 Å². The van der Waals surface area contributed by atoms with Crippen LogP contribution in [0, 0.1) is 0 Å². The highest BCUT2D eigenvalue weighted by atomic mass is 16.5. The summed E-state index contributed by atoms with van der Waals surface area (Å²) < 4.78 is 11.0. The molecule has 9 heteroatoms. The summed E-state index contributed by atoms with van der Waals surface area (Å²) in [5, 5.41) is 8.17. The fourth-order valence-corrected chi connectivity index (χ4v) is 2.93. The van der Waals surface area contributed by atoms with E-state index >= 15 is 0 Å². The molecule has 0 spiro atoms. The molecule has 2 N–H and O–H groups in total. The quantitative estimate of drug-likeness (QED) is 0.527. The smallest absolute Gasteiger partial charge is 0.270 e. The van der Waals surface area contributed by atoms with E-state index in [1.807, 2.05) is 18.2 Å². The third-order valence-corrected chi connectivity index (χ3v) is 4.58. The van der Waals surface area contributed by atoms with E-state index in [4.69, 9.17) is 14.9 Å². The largest absolute Gasteiger partial charge is 0.497 e. The molecule has 0 unspecified atom stereocenters. The average Bonchev–Trinajstić information content (AvgIpc) is 3.29. The van der Waals surface area contributed by atoms with Gasteiger partial charge in [-0.3, -0.25) is 4.79 Å². The Bertz CT molecular complexity index is 1230. The number of carbonyl (C=O) groups excluding carboxylic acids is 1. The van der Waals surface area contributed by atoms with Crippen molar-refractivity contribution in [3.05, 3.63) is 60.3 Å². The van der Waals surface area contributed by atoms with Gasteiger partial charge in [0.15, 0.2) is 11.5 Å². The Balaban J connectivity index is 1.66. The molecule has 2 aromatic heterocycles. The van der Waals surface area contributed by atoms with Crippen LogP contribution < -0.4 is 10.5 Å². The Kier molecular flexibility index (Phi) is 5.31. The lowest BCUT2D eigenvalue weighted by molar-refractivity contribution is 0.0827. The summed E-state index contributed by atoms with van der Waals surface area (Å²) in [4.78, 5) is 22.4. The lowest BCUT2D eigenvalue weighted by Crippen LogP contribution is -2.21. The number of hydrogen-bond acceptors (Lipinski definition) is 8. The Morgan fingerprint density at radius 1 is 1.03 bits per heavy atom. The number of amides is 1. The van der Waals surface area contributed by atoms with Crippen LogP contribution in [0.25, 0.3) is 34.3 Å². The van der Waals surface area contributed by atoms with Crippen molar-refractivity contribution in [3.63, 3.8) is 0 Å². The number of rotatable bonds is 5. The van der Waals surface area contributed by atoms with Gasteiger partial charge in [-0.2, -0.15) is 0 Å². The number of ether oxygens (including phenoxy) is 1. The molecule has 0 aliphatic rings. The summed E-state index contributed by atoms with van der Waals surface area (Å²) in [6.45, 7) is 0. The lowest BCUT2D eigenvalue weighted by atomic mass is 10.1. The number of aromatic nitrogens is 4. The zero-order valence-electron chi connectivity index (χ0n) is 17.2. The van der Waals surface area contributed by atoms with Gasteiger partial charge in [-0.1, -0.05) is 18.2 Å². The first-order valence-corrected chi connectivity index (χ1v) is 9.39. The topological polar surface area (TPSA) is 120 Å². The van der Waals surface area contributed by atoms with Crippen molar-refractivity contribution in [1.29, 1.82) is 0 Å². The van der Waals surface area contributed by atoms with Crippen molar-refractivity contribution in [1.82, 2.24) is 25.1 Å². The van der Waals surface area contributed by atoms with Crippen molar-refractivity contribution in [2.45, 2.75) is 0 Å². The molecule has 0 aliphatic carbocycles. The standard InChI is InChI=1S/C22H20N6O3/c1-28(2)22(29)14-9-7-13(8-10-14)17-12-24-19(23)18(25-17)21-27-26-20(31-21)15-5-4-6-16(11-15)30-3/h4-12H,1-3H3,(H2,23,24). The van der Waals surface area contributed by atoms with Crippen molar-refractivity contribution in [3.8, 4) is 40.0 Å². The predicted octanol–water partition coefficient (Wildman–Crippen LogP) is 3.15. The van der Waals surface area contributed by atoms with Crippen LogP contribution in [0.3, 0.4) is 0 Å². The Hall–Kier alpha value is -4.27. The van der Waals surface area contributed by atoms with Crippen LogP contribution in [0.15, 0.2) is 59.1 Å². The number of nitrogen functional groups attached to an aromatic ring is 1. The van der Waals surface area contributed by atoms with Crippen LogP contribution in [0.1, 0.15) is 10.4 Å². The third-order valence-electron chi connectivity index (χ3n) is 4.58. The summed E-state index contributed by atoms with van der Waals surface area (Å²) in [7, 11) is 5.00. The third kappa shape index (κ3) is 4.06. The first-order valence-electron chi connectivity index (χ1n) is 9.39. The Morgan fingerprint density at radius 3 is 2.48 bits per heavy atom. The van der Waals surface area contributed by atoms with E-state index in [1.54, 1.807) is 57.7 Å². The van der Waals surface area contributed by atoms with Crippen LogP contribution in [-0.4, -0.2) is 52.2 Å². The van der Waals surface area contributed by atoms with Gasteiger partial charge >= 0.3 is 0 Å². The van der Waals surface area contributed by atoms with Crippen LogP contribution in [-0.2, 0) is 0 Å². The minimum Gasteiger partial charge on any atom is -0.497 e. The number of nitrogens with zero attached hydrogens (tertiary/aromatic N) is 5. The van der Waals surface area contributed by atoms with Crippen LogP contribution in [0.4, 0.5) is 5.82 Å². The summed E-state index contributed by atoms with van der Waals surface area (Å²) >= 11 is 0. The highest BCUT2D eigenvalue weighted by Crippen LogP contribution is 2.29. The summed E-state index contributed by atoms with van der Waals surface area (Å²) in [6.07, 6.45) is 1.56. The molecule has 31 heavy (non-hydrogen) atoms. The molecule has 0 saturated heterocycles. The zero-order valence-corrected chi connectivity index (χ0v) is 17.2. The molecule has 0 radical (unpaired) electrons. The second-order valence-corrected chi connectivity index (χ2v) is 6.91. The zero-order chi connectivity index (χ0) is 22.0. The normalized spacial score (nSPS) is 10.7. The molecular formula is C22H20N6O3. The number of carbonyl (C=O) groups is 1. The molecule has 4 aromatic rings. The molecule has 2 heterocycles. The maximum atomic E-state index is 12.1. The maximum Gasteiger partial charge on any atom is 0.270 e. The monoisotopic (exact) mass is 416 g/mol. The van der Waals surface area contributed by atoms with E-state index in [1.165, 1.54) is 4.90 Å². The van der Waals surface area contributed by atoms with Crippen molar-refractivity contribution in [2.24, 2.45) is 0 Å². The van der Waals surface area contributed by atoms with Gasteiger partial charge in [-0.25, -0.2) is 9.97 Å². The lowest BCUT2D eigenvalue weighted by Gasteiger charge is -2.10. The van der Waals surface area contributed by atoms with Gasteiger partial charge in [0, 0.05) is 30.8 Å². The molecule has 0 bridgehead atoms. The van der Waals surface area contributed by atoms with Gasteiger partial charge in [-0.05, 0) is 30.3 Å². The van der Waals surface area contributed by atoms with Gasteiger partial charge < -0.3 is 19.8 Å². The molecular weight excluding hydrogens is 396 g/mol. The second kappa shape index (κ2) is 8.23. The van der Waals surface area contributed by atoms with Crippen LogP contribution in [0.2, 0.25) is 0 Å². The fourth-order valence-electron chi connectivity index (χ4n) is 2.93. The van der Waals surface area contributed by atoms with E-state index in [0.717, 1.165) is 5.56 Å². The maximum absolute atomic E-state index is 12.1. The molecule has 9 nitrogen and oxygen atoms in total. The molecule has 0 fully saturated rings. The molecule has 1 amide bonds. The summed E-state index contributed by atoms with van der Waals surface area (Å²) in [5.41, 5.74) is 8.93. The van der Waals surface area contributed by atoms with Gasteiger partial charge in [0.25, 0.3) is 11.8 Å². The molecule has 0 aliphatic heterocycles. The van der Waals surface area contributed by atoms with Crippen LogP contribution in [0.5, 0.6) is 5.75 Å². The van der Waals surface area contributed by atoms with Gasteiger partial charge in [0.1, 0.15) is 5.75 Å². The molecule has 0 atom stereocenters. The number of methoxy groups -OCH3 is 1. The fraction of sp³-hybridized carbons (Fsp3) is 0.136. The van der Waals surface area contributed by atoms with E-state index in [-0.39, 0.29) is 23.3 Å². The van der Waals surface area contributed by atoms with Crippen molar-refractivity contribution < 1.29 is 13.9 Å². The first kappa shape index (κ1) is 20.0. The highest BCUT2D eigenvalue weighted by molar-refractivity contribution is 5.94. The number of nitrogens with two attached hydrogens (primary N) is 1. The number of anilines is 1. The molecule has 4 rings (SSSR count). The van der Waals surface area contributed by atoms with Crippen molar-refractivity contribution in [2.75, 3.05) is 26.9 Å². The van der Waals surface area contributed by atoms with E-state index < -0.39 is 0 Å². The minimum absolute atomic E-state index is 0.0773. The van der Waals surface area contributed by atoms with E-state index in [0.29, 0.717) is 28.5 Å².